The number of amides is 2. The van der Waals surface area contributed by atoms with Gasteiger partial charge in [-0.1, -0.05) is 67.1 Å². The number of nitrogens with zero attached hydrogens (tertiary/aromatic N) is 1. The molecule has 2 N–H and O–H groups in total. The van der Waals surface area contributed by atoms with Crippen LogP contribution in [0.2, 0.25) is 0 Å². The zero-order valence-corrected chi connectivity index (χ0v) is 29.4. The summed E-state index contributed by atoms with van der Waals surface area (Å²) in [5, 5.41) is 12.9. The minimum atomic E-state index is -4.54. The number of carbonyl (C=O) groups is 5. The maximum atomic E-state index is 13.6. The minimum Gasteiger partial charge on any atom is -0.480 e. The summed E-state index contributed by atoms with van der Waals surface area (Å²) in [6, 6.07) is 20.3. The van der Waals surface area contributed by atoms with Gasteiger partial charge < -0.3 is 29.5 Å². The number of carbonyl (C=O) groups excluding carboxylic acids is 4. The lowest BCUT2D eigenvalue weighted by molar-refractivity contribution is -0.167. The van der Waals surface area contributed by atoms with Crippen molar-refractivity contribution in [2.75, 3.05) is 26.0 Å². The molecule has 0 bridgehead atoms. The van der Waals surface area contributed by atoms with E-state index in [9.17, 15) is 42.3 Å². The molecule has 2 atom stereocenters. The number of alkyl halides is 3. The van der Waals surface area contributed by atoms with E-state index in [4.69, 9.17) is 14.2 Å². The van der Waals surface area contributed by atoms with Crippen molar-refractivity contribution in [1.82, 2.24) is 4.90 Å². The van der Waals surface area contributed by atoms with E-state index in [2.05, 4.69) is 5.32 Å². The summed E-state index contributed by atoms with van der Waals surface area (Å²) < 4.78 is 55.4. The zero-order chi connectivity index (χ0) is 39.1. The predicted molar refractivity (Wildman–Crippen MR) is 188 cm³/mol. The molecule has 0 fully saturated rings. The van der Waals surface area contributed by atoms with E-state index in [1.807, 2.05) is 0 Å². The van der Waals surface area contributed by atoms with E-state index in [0.29, 0.717) is 17.5 Å². The van der Waals surface area contributed by atoms with Crippen molar-refractivity contribution in [3.05, 3.63) is 119 Å². The van der Waals surface area contributed by atoms with E-state index in [1.54, 1.807) is 39.0 Å². The minimum absolute atomic E-state index is 0.00243. The first-order valence-electron chi connectivity index (χ1n) is 16.3. The highest BCUT2D eigenvalue weighted by Gasteiger charge is 2.51. The van der Waals surface area contributed by atoms with Crippen LogP contribution in [0.4, 0.5) is 23.7 Å². The Hall–Kier alpha value is -6.18. The maximum Gasteiger partial charge on any atom is 0.513 e. The number of anilines is 1. The van der Waals surface area contributed by atoms with Gasteiger partial charge in [0.05, 0.1) is 22.9 Å². The second-order valence-corrected chi connectivity index (χ2v) is 12.3. The molecule has 0 aliphatic carbocycles. The van der Waals surface area contributed by atoms with Crippen LogP contribution in [0.1, 0.15) is 57.7 Å². The molecule has 2 unspecified atom stereocenters. The van der Waals surface area contributed by atoms with Gasteiger partial charge in [0.15, 0.2) is 0 Å². The van der Waals surface area contributed by atoms with E-state index in [1.165, 1.54) is 73.6 Å². The molecule has 4 rings (SSSR count). The third-order valence-corrected chi connectivity index (χ3v) is 8.29. The summed E-state index contributed by atoms with van der Waals surface area (Å²) >= 11 is 0. The molecule has 4 aromatic rings. The van der Waals surface area contributed by atoms with Gasteiger partial charge in [0, 0.05) is 19.7 Å². The highest BCUT2D eigenvalue weighted by atomic mass is 19.4. The number of carboxylic acid groups (broad SMARTS) is 1. The first kappa shape index (κ1) is 39.6. The molecule has 0 spiro atoms. The van der Waals surface area contributed by atoms with Gasteiger partial charge in [0.1, 0.15) is 12.4 Å². The Labute approximate surface area is 303 Å². The quantitative estimate of drug-likeness (QED) is 0.0857. The molecule has 0 radical (unpaired) electrons. The van der Waals surface area contributed by atoms with Gasteiger partial charge in [-0.25, -0.2) is 4.79 Å². The molecule has 4 aromatic carbocycles. The first-order valence-corrected chi connectivity index (χ1v) is 16.3. The van der Waals surface area contributed by atoms with Gasteiger partial charge >= 0.3 is 24.3 Å². The molecular formula is C39H37F3N2O9. The summed E-state index contributed by atoms with van der Waals surface area (Å²) in [5.41, 5.74) is -1.83. The second kappa shape index (κ2) is 16.4. The molecule has 11 nitrogen and oxygen atoms in total. The number of hydrogen-bond donors (Lipinski definition) is 2. The van der Waals surface area contributed by atoms with Crippen molar-refractivity contribution < 1.29 is 56.5 Å². The first-order chi connectivity index (χ1) is 25.0. The fraction of sp³-hybridized carbons (Fsp3) is 0.256. The lowest BCUT2D eigenvalue weighted by atomic mass is 9.81. The second-order valence-electron chi connectivity index (χ2n) is 12.3. The van der Waals surface area contributed by atoms with Gasteiger partial charge in [-0.3, -0.25) is 19.2 Å². The summed E-state index contributed by atoms with van der Waals surface area (Å²) in [4.78, 5) is 66.9. The standard InChI is InChI=1S/C39H37F3N2O9/c1-6-24(3)52-36(49)38(35(47)48,26-10-8-7-9-11-26)22-51-37(50)53-28-17-19-32(31(21-28)34(46)44(4)5)43-33(45)29-18-12-23(2)20-30(29)25-13-15-27(16-14-25)39(40,41)42/h7-21,24H,6,22H2,1-5H3,(H,43,45)(H,47,48). The Balaban J connectivity index is 1.60. The molecule has 14 heteroatoms. The highest BCUT2D eigenvalue weighted by molar-refractivity contribution is 6.12. The van der Waals surface area contributed by atoms with E-state index < -0.39 is 59.8 Å². The van der Waals surface area contributed by atoms with Crippen molar-refractivity contribution in [3.63, 3.8) is 0 Å². The van der Waals surface area contributed by atoms with Crippen LogP contribution in [0, 0.1) is 6.92 Å². The molecule has 0 saturated carbocycles. The third kappa shape index (κ3) is 9.19. The maximum absolute atomic E-state index is 13.6. The number of aryl methyl sites for hydroxylation is 1. The van der Waals surface area contributed by atoms with E-state index in [0.717, 1.165) is 23.8 Å². The Morgan fingerprint density at radius 2 is 1.51 bits per heavy atom. The van der Waals surface area contributed by atoms with Crippen LogP contribution >= 0.6 is 0 Å². The lowest BCUT2D eigenvalue weighted by Crippen LogP contribution is -2.50. The molecular weight excluding hydrogens is 697 g/mol. The van der Waals surface area contributed by atoms with Crippen LogP contribution in [0.5, 0.6) is 5.75 Å². The predicted octanol–water partition coefficient (Wildman–Crippen LogP) is 7.51. The number of aliphatic carboxylic acids is 1. The van der Waals surface area contributed by atoms with Crippen LogP contribution in [0.15, 0.2) is 91.0 Å². The number of ether oxygens (including phenoxy) is 3. The molecule has 0 heterocycles. The van der Waals surface area contributed by atoms with Crippen molar-refractivity contribution in [1.29, 1.82) is 0 Å². The summed E-state index contributed by atoms with van der Waals surface area (Å²) in [6.45, 7) is 4.10. The monoisotopic (exact) mass is 734 g/mol. The van der Waals surface area contributed by atoms with Gasteiger partial charge in [-0.05, 0) is 73.4 Å². The van der Waals surface area contributed by atoms with Crippen LogP contribution < -0.4 is 10.1 Å². The number of halogens is 3. The Kier molecular flexibility index (Phi) is 12.3. The SMILES string of the molecule is CCC(C)OC(=O)C(COC(=O)Oc1ccc(NC(=O)c2ccc(C)cc2-c2ccc(C(F)(F)F)cc2)c(C(=O)N(C)C)c1)(C(=O)O)c1ccccc1. The smallest absolute Gasteiger partial charge is 0.480 e. The van der Waals surface area contributed by atoms with Crippen LogP contribution in [-0.4, -0.2) is 66.7 Å². The van der Waals surface area contributed by atoms with Gasteiger partial charge in [-0.2, -0.15) is 13.2 Å². The zero-order valence-electron chi connectivity index (χ0n) is 29.4. The molecule has 0 aliphatic rings. The number of rotatable bonds is 12. The van der Waals surface area contributed by atoms with E-state index in [-0.39, 0.29) is 28.1 Å². The number of nitrogens with one attached hydrogen (secondary N) is 1. The van der Waals surface area contributed by atoms with Crippen molar-refractivity contribution in [3.8, 4) is 16.9 Å². The average molecular weight is 735 g/mol. The van der Waals surface area contributed by atoms with E-state index >= 15 is 0 Å². The summed E-state index contributed by atoms with van der Waals surface area (Å²) in [5.74, 6) is -4.28. The third-order valence-electron chi connectivity index (χ3n) is 8.29. The normalized spacial score (nSPS) is 12.8. The van der Waals surface area contributed by atoms with Gasteiger partial charge in [0.2, 0.25) is 5.41 Å². The Morgan fingerprint density at radius 3 is 2.09 bits per heavy atom. The van der Waals surface area contributed by atoms with Crippen molar-refractivity contribution in [2.24, 2.45) is 0 Å². The van der Waals surface area contributed by atoms with Crippen LogP contribution in [-0.2, 0) is 30.7 Å². The molecule has 278 valence electrons. The Bertz CT molecular complexity index is 2000. The number of hydrogen-bond acceptors (Lipinski definition) is 8. The molecule has 0 aliphatic heterocycles. The molecule has 2 amide bonds. The number of carboxylic acids is 1. The number of benzene rings is 4. The topological polar surface area (TPSA) is 149 Å². The average Bonchev–Trinajstić information content (AvgIpc) is 3.12. The number of esters is 1. The molecule has 0 aromatic heterocycles. The van der Waals surface area contributed by atoms with Crippen LogP contribution in [0.3, 0.4) is 0 Å². The highest BCUT2D eigenvalue weighted by Crippen LogP contribution is 2.34. The molecule has 0 saturated heterocycles. The van der Waals surface area contributed by atoms with Crippen molar-refractivity contribution in [2.45, 2.75) is 44.9 Å². The largest absolute Gasteiger partial charge is 0.513 e. The summed E-state index contributed by atoms with van der Waals surface area (Å²) in [7, 11) is 2.90. The fourth-order valence-electron chi connectivity index (χ4n) is 5.15. The summed E-state index contributed by atoms with van der Waals surface area (Å²) in [6.07, 6.45) is -6.18. The lowest BCUT2D eigenvalue weighted by Gasteiger charge is -2.28. The van der Waals surface area contributed by atoms with Crippen molar-refractivity contribution >= 4 is 35.6 Å². The molecule has 53 heavy (non-hydrogen) atoms. The van der Waals surface area contributed by atoms with Gasteiger partial charge in [0.25, 0.3) is 11.8 Å². The van der Waals surface area contributed by atoms with Gasteiger partial charge in [-0.15, -0.1) is 0 Å². The van der Waals surface area contributed by atoms with Crippen LogP contribution in [0.25, 0.3) is 11.1 Å². The Morgan fingerprint density at radius 1 is 0.849 bits per heavy atom. The fourth-order valence-corrected chi connectivity index (χ4v) is 5.15.